The summed E-state index contributed by atoms with van der Waals surface area (Å²) in [5.41, 5.74) is 0.237. The number of hydrogen-bond acceptors (Lipinski definition) is 5. The minimum Gasteiger partial charge on any atom is -0.452 e. The maximum atomic E-state index is 12.3. The Balaban J connectivity index is 1.65. The second kappa shape index (κ2) is 8.33. The Morgan fingerprint density at radius 1 is 1.22 bits per heavy atom. The van der Waals surface area contributed by atoms with Gasteiger partial charge in [0.2, 0.25) is 0 Å². The number of rotatable bonds is 5. The normalized spacial score (nSPS) is 16.1. The second-order valence-corrected chi connectivity index (χ2v) is 7.07. The predicted molar refractivity (Wildman–Crippen MR) is 101 cm³/mol. The zero-order valence-corrected chi connectivity index (χ0v) is 15.7. The standard InChI is InChI=1S/C20H25N3O4/c1-13(19(25)21-14-8-4-3-5-9-14)27-18(24)12-17-15-10-6-7-11-16(15)20(26)23(2)22-17/h6-7,10-11,13-14H,3-5,8-9,12H2,1-2H3,(H,21,25)/t13-/m0/s1. The fourth-order valence-electron chi connectivity index (χ4n) is 3.50. The van der Waals surface area contributed by atoms with E-state index in [1.807, 2.05) is 0 Å². The van der Waals surface area contributed by atoms with Crippen LogP contribution in [0.3, 0.4) is 0 Å². The van der Waals surface area contributed by atoms with Gasteiger partial charge in [-0.2, -0.15) is 5.10 Å². The maximum Gasteiger partial charge on any atom is 0.312 e. The van der Waals surface area contributed by atoms with E-state index < -0.39 is 12.1 Å². The van der Waals surface area contributed by atoms with Gasteiger partial charge in [-0.3, -0.25) is 14.4 Å². The van der Waals surface area contributed by atoms with Gasteiger partial charge < -0.3 is 10.1 Å². The molecule has 1 aliphatic rings. The Labute approximate surface area is 157 Å². The van der Waals surface area contributed by atoms with Gasteiger partial charge in [0.15, 0.2) is 6.10 Å². The first kappa shape index (κ1) is 19.1. The van der Waals surface area contributed by atoms with Crippen LogP contribution in [0.15, 0.2) is 29.1 Å². The van der Waals surface area contributed by atoms with Crippen molar-refractivity contribution >= 4 is 22.6 Å². The number of carbonyl (C=O) groups excluding carboxylic acids is 2. The SMILES string of the molecule is C[C@H](OC(=O)Cc1nn(C)c(=O)c2ccccc12)C(=O)NC1CCCCC1. The molecule has 1 aromatic heterocycles. The van der Waals surface area contributed by atoms with Crippen molar-refractivity contribution in [2.75, 3.05) is 0 Å². The van der Waals surface area contributed by atoms with Gasteiger partial charge in [-0.1, -0.05) is 37.5 Å². The maximum absolute atomic E-state index is 12.3. The Hall–Kier alpha value is -2.70. The Morgan fingerprint density at radius 3 is 2.59 bits per heavy atom. The summed E-state index contributed by atoms with van der Waals surface area (Å²) in [6.07, 6.45) is 4.42. The quantitative estimate of drug-likeness (QED) is 0.810. The van der Waals surface area contributed by atoms with Crippen LogP contribution >= 0.6 is 0 Å². The van der Waals surface area contributed by atoms with Crippen LogP contribution in [0.1, 0.15) is 44.7 Å². The highest BCUT2D eigenvalue weighted by molar-refractivity contribution is 5.88. The van der Waals surface area contributed by atoms with E-state index in [1.54, 1.807) is 38.2 Å². The number of amides is 1. The lowest BCUT2D eigenvalue weighted by atomic mass is 9.95. The van der Waals surface area contributed by atoms with Crippen LogP contribution in [0.2, 0.25) is 0 Å². The summed E-state index contributed by atoms with van der Waals surface area (Å²) >= 11 is 0. The molecule has 7 heteroatoms. The first-order valence-corrected chi connectivity index (χ1v) is 9.40. The highest BCUT2D eigenvalue weighted by Crippen LogP contribution is 2.18. The summed E-state index contributed by atoms with van der Waals surface area (Å²) in [6.45, 7) is 1.57. The van der Waals surface area contributed by atoms with Gasteiger partial charge in [-0.05, 0) is 25.8 Å². The molecule has 2 aromatic rings. The van der Waals surface area contributed by atoms with Crippen LogP contribution in [-0.4, -0.2) is 33.8 Å². The fraction of sp³-hybridized carbons (Fsp3) is 0.500. The van der Waals surface area contributed by atoms with Gasteiger partial charge in [-0.25, -0.2) is 4.68 Å². The molecule has 1 fully saturated rings. The van der Waals surface area contributed by atoms with Crippen molar-refractivity contribution in [2.45, 2.75) is 57.6 Å². The van der Waals surface area contributed by atoms with Crippen LogP contribution in [0.25, 0.3) is 10.8 Å². The first-order chi connectivity index (χ1) is 13.0. The molecule has 0 spiro atoms. The molecule has 7 nitrogen and oxygen atoms in total. The van der Waals surface area contributed by atoms with E-state index in [0.717, 1.165) is 25.7 Å². The zero-order valence-electron chi connectivity index (χ0n) is 15.7. The summed E-state index contributed by atoms with van der Waals surface area (Å²) in [5.74, 6) is -0.814. The molecule has 0 aliphatic heterocycles. The third-order valence-corrected chi connectivity index (χ3v) is 4.97. The third kappa shape index (κ3) is 4.53. The number of benzene rings is 1. The largest absolute Gasteiger partial charge is 0.452 e. The molecule has 1 N–H and O–H groups in total. The number of carbonyl (C=O) groups is 2. The Bertz CT molecular complexity index is 900. The average molecular weight is 371 g/mol. The van der Waals surface area contributed by atoms with E-state index in [0.29, 0.717) is 16.5 Å². The van der Waals surface area contributed by atoms with Gasteiger partial charge in [0.05, 0.1) is 17.5 Å². The first-order valence-electron chi connectivity index (χ1n) is 9.40. The molecule has 27 heavy (non-hydrogen) atoms. The molecule has 1 heterocycles. The number of aromatic nitrogens is 2. The smallest absolute Gasteiger partial charge is 0.312 e. The summed E-state index contributed by atoms with van der Waals surface area (Å²) in [4.78, 5) is 36.7. The Morgan fingerprint density at radius 2 is 1.89 bits per heavy atom. The number of esters is 1. The minimum absolute atomic E-state index is 0.102. The van der Waals surface area contributed by atoms with E-state index >= 15 is 0 Å². The van der Waals surface area contributed by atoms with Crippen LogP contribution in [0, 0.1) is 0 Å². The van der Waals surface area contributed by atoms with Crippen LogP contribution in [0.5, 0.6) is 0 Å². The second-order valence-electron chi connectivity index (χ2n) is 7.07. The lowest BCUT2D eigenvalue weighted by molar-refractivity contribution is -0.154. The summed E-state index contributed by atoms with van der Waals surface area (Å²) in [7, 11) is 1.55. The molecule has 1 amide bonds. The molecule has 0 bridgehead atoms. The summed E-state index contributed by atoms with van der Waals surface area (Å²) < 4.78 is 6.51. The molecule has 1 saturated carbocycles. The molecular weight excluding hydrogens is 346 g/mol. The number of fused-ring (bicyclic) bond motifs is 1. The molecule has 1 aliphatic carbocycles. The lowest BCUT2D eigenvalue weighted by Gasteiger charge is -2.24. The topological polar surface area (TPSA) is 90.3 Å². The third-order valence-electron chi connectivity index (χ3n) is 4.97. The van der Waals surface area contributed by atoms with Crippen molar-refractivity contribution in [3.8, 4) is 0 Å². The van der Waals surface area contributed by atoms with Gasteiger partial charge in [0.1, 0.15) is 0 Å². The number of ether oxygens (including phenoxy) is 1. The van der Waals surface area contributed by atoms with Gasteiger partial charge >= 0.3 is 5.97 Å². The van der Waals surface area contributed by atoms with Crippen molar-refractivity contribution in [1.29, 1.82) is 0 Å². The van der Waals surface area contributed by atoms with Crippen molar-refractivity contribution in [3.63, 3.8) is 0 Å². The monoisotopic (exact) mass is 371 g/mol. The molecule has 1 aromatic carbocycles. The summed E-state index contributed by atoms with van der Waals surface area (Å²) in [6, 6.07) is 7.18. The molecule has 0 unspecified atom stereocenters. The number of nitrogens with one attached hydrogen (secondary N) is 1. The Kier molecular flexibility index (Phi) is 5.88. The van der Waals surface area contributed by atoms with Crippen LogP contribution in [0.4, 0.5) is 0 Å². The highest BCUT2D eigenvalue weighted by Gasteiger charge is 2.23. The number of hydrogen-bond donors (Lipinski definition) is 1. The van der Waals surface area contributed by atoms with Crippen molar-refractivity contribution in [1.82, 2.24) is 15.1 Å². The predicted octanol–water partition coefficient (Wildman–Crippen LogP) is 1.86. The van der Waals surface area contributed by atoms with Crippen molar-refractivity contribution < 1.29 is 14.3 Å². The molecule has 1 atom stereocenters. The van der Waals surface area contributed by atoms with Crippen LogP contribution in [-0.2, 0) is 27.8 Å². The van der Waals surface area contributed by atoms with E-state index in [-0.39, 0.29) is 23.9 Å². The molecule has 0 saturated heterocycles. The molecule has 144 valence electrons. The number of aryl methyl sites for hydroxylation is 1. The molecular formula is C20H25N3O4. The average Bonchev–Trinajstić information content (AvgIpc) is 2.66. The highest BCUT2D eigenvalue weighted by atomic mass is 16.5. The zero-order chi connectivity index (χ0) is 19.4. The lowest BCUT2D eigenvalue weighted by Crippen LogP contribution is -2.43. The van der Waals surface area contributed by atoms with E-state index in [9.17, 15) is 14.4 Å². The number of nitrogens with zero attached hydrogens (tertiary/aromatic N) is 2. The fourth-order valence-corrected chi connectivity index (χ4v) is 3.50. The van der Waals surface area contributed by atoms with E-state index in [1.165, 1.54) is 11.1 Å². The van der Waals surface area contributed by atoms with E-state index in [2.05, 4.69) is 10.4 Å². The van der Waals surface area contributed by atoms with Gasteiger partial charge in [0, 0.05) is 18.5 Å². The molecule has 0 radical (unpaired) electrons. The van der Waals surface area contributed by atoms with Crippen LogP contribution < -0.4 is 10.9 Å². The minimum atomic E-state index is -0.863. The van der Waals surface area contributed by atoms with Gasteiger partial charge in [-0.15, -0.1) is 0 Å². The van der Waals surface area contributed by atoms with E-state index in [4.69, 9.17) is 4.74 Å². The summed E-state index contributed by atoms with van der Waals surface area (Å²) in [5, 5.41) is 8.27. The van der Waals surface area contributed by atoms with Crippen molar-refractivity contribution in [2.24, 2.45) is 7.05 Å². The van der Waals surface area contributed by atoms with Gasteiger partial charge in [0.25, 0.3) is 11.5 Å². The molecule has 3 rings (SSSR count). The van der Waals surface area contributed by atoms with Crippen molar-refractivity contribution in [3.05, 3.63) is 40.3 Å².